The molecule has 3 aromatic rings. The zero-order valence-electron chi connectivity index (χ0n) is 16.5. The normalized spacial score (nSPS) is 18.6. The highest BCUT2D eigenvalue weighted by atomic mass is 19.1. The lowest BCUT2D eigenvalue weighted by Crippen LogP contribution is -2.52. The van der Waals surface area contributed by atoms with Gasteiger partial charge in [0.15, 0.2) is 6.10 Å². The summed E-state index contributed by atoms with van der Waals surface area (Å²) >= 11 is 0. The number of ether oxygens (including phenoxy) is 2. The van der Waals surface area contributed by atoms with Crippen LogP contribution in [0.15, 0.2) is 78.9 Å². The van der Waals surface area contributed by atoms with Gasteiger partial charge in [0.05, 0.1) is 6.04 Å². The number of rotatable bonds is 6. The fourth-order valence-corrected chi connectivity index (χ4v) is 3.55. The number of nitrogens with zero attached hydrogens (tertiary/aromatic N) is 1. The summed E-state index contributed by atoms with van der Waals surface area (Å²) in [6.07, 6.45) is -1.26. The quantitative estimate of drug-likeness (QED) is 0.652. The Morgan fingerprint density at radius 1 is 1.03 bits per heavy atom. The number of carbonyl (C=O) groups excluding carboxylic acids is 1. The number of morpholine rings is 1. The number of amides is 1. The molecule has 4 rings (SSSR count). The van der Waals surface area contributed by atoms with Gasteiger partial charge in [0.25, 0.3) is 5.91 Å². The number of aliphatic carboxylic acids is 1. The predicted molar refractivity (Wildman–Crippen MR) is 111 cm³/mol. The fourth-order valence-electron chi connectivity index (χ4n) is 3.55. The Labute approximate surface area is 178 Å². The van der Waals surface area contributed by atoms with Crippen molar-refractivity contribution in [3.8, 4) is 5.75 Å². The fraction of sp³-hybridized carbons (Fsp3) is 0.167. The van der Waals surface area contributed by atoms with Crippen LogP contribution in [0.3, 0.4) is 0 Å². The number of anilines is 1. The zero-order chi connectivity index (χ0) is 21.8. The standard InChI is InChI=1S/C24H20FNO5/c25-18-8-10-19(11-9-18)26-21(27)15-31-23(24(28)29)22(26)17-6-12-20(13-7-17)30-14-16-4-2-1-3-5-16/h1-13,22-23H,14-15H2,(H,28,29)/t22-,23+/m1/s1. The molecule has 2 atom stereocenters. The smallest absolute Gasteiger partial charge is 0.335 e. The lowest BCUT2D eigenvalue weighted by Gasteiger charge is -2.39. The molecule has 1 saturated heterocycles. The minimum atomic E-state index is -1.26. The summed E-state index contributed by atoms with van der Waals surface area (Å²) in [7, 11) is 0. The first-order chi connectivity index (χ1) is 15.0. The van der Waals surface area contributed by atoms with Crippen molar-refractivity contribution >= 4 is 17.6 Å². The van der Waals surface area contributed by atoms with Gasteiger partial charge >= 0.3 is 5.97 Å². The average molecular weight is 421 g/mol. The van der Waals surface area contributed by atoms with Crippen LogP contribution in [0.1, 0.15) is 17.2 Å². The van der Waals surface area contributed by atoms with Crippen LogP contribution in [0.5, 0.6) is 5.75 Å². The Kier molecular flexibility index (Phi) is 5.95. The molecular formula is C24H20FNO5. The van der Waals surface area contributed by atoms with Gasteiger partial charge in [0.1, 0.15) is 24.8 Å². The van der Waals surface area contributed by atoms with E-state index in [9.17, 15) is 19.1 Å². The van der Waals surface area contributed by atoms with Crippen LogP contribution in [0.2, 0.25) is 0 Å². The van der Waals surface area contributed by atoms with Gasteiger partial charge in [-0.15, -0.1) is 0 Å². The third-order valence-electron chi connectivity index (χ3n) is 5.04. The van der Waals surface area contributed by atoms with Crippen LogP contribution in [-0.4, -0.2) is 29.7 Å². The van der Waals surface area contributed by atoms with E-state index in [1.165, 1.54) is 29.2 Å². The molecule has 0 aliphatic carbocycles. The van der Waals surface area contributed by atoms with Gasteiger partial charge in [-0.25, -0.2) is 9.18 Å². The molecular weight excluding hydrogens is 401 g/mol. The molecule has 1 heterocycles. The van der Waals surface area contributed by atoms with Crippen LogP contribution in [0, 0.1) is 5.82 Å². The highest BCUT2D eigenvalue weighted by Crippen LogP contribution is 2.35. The summed E-state index contributed by atoms with van der Waals surface area (Å²) in [5.74, 6) is -1.43. The van der Waals surface area contributed by atoms with Gasteiger partial charge in [0, 0.05) is 5.69 Å². The molecule has 1 amide bonds. The van der Waals surface area contributed by atoms with Crippen molar-refractivity contribution in [2.24, 2.45) is 0 Å². The molecule has 0 aromatic heterocycles. The Bertz CT molecular complexity index is 1050. The summed E-state index contributed by atoms with van der Waals surface area (Å²) in [6.45, 7) is 0.0216. The van der Waals surface area contributed by atoms with Crippen LogP contribution in [-0.2, 0) is 20.9 Å². The number of hydrogen-bond acceptors (Lipinski definition) is 4. The van der Waals surface area contributed by atoms with E-state index >= 15 is 0 Å². The lowest BCUT2D eigenvalue weighted by molar-refractivity contribution is -0.157. The monoisotopic (exact) mass is 421 g/mol. The molecule has 1 aliphatic heterocycles. The summed E-state index contributed by atoms with van der Waals surface area (Å²) < 4.78 is 24.5. The molecule has 0 saturated carbocycles. The van der Waals surface area contributed by atoms with Crippen molar-refractivity contribution in [1.29, 1.82) is 0 Å². The lowest BCUT2D eigenvalue weighted by atomic mass is 9.96. The highest BCUT2D eigenvalue weighted by molar-refractivity contribution is 5.97. The van der Waals surface area contributed by atoms with Crippen molar-refractivity contribution < 1.29 is 28.6 Å². The maximum absolute atomic E-state index is 13.4. The predicted octanol–water partition coefficient (Wildman–Crippen LogP) is 3.96. The minimum Gasteiger partial charge on any atom is -0.489 e. The number of halogens is 1. The number of carboxylic acids is 1. The molecule has 1 fully saturated rings. The molecule has 158 valence electrons. The van der Waals surface area contributed by atoms with E-state index in [4.69, 9.17) is 9.47 Å². The Hall–Kier alpha value is -3.71. The molecule has 0 unspecified atom stereocenters. The van der Waals surface area contributed by atoms with Gasteiger partial charge in [0.2, 0.25) is 0 Å². The van der Waals surface area contributed by atoms with Crippen molar-refractivity contribution in [3.05, 3.63) is 95.8 Å². The number of benzene rings is 3. The van der Waals surface area contributed by atoms with Gasteiger partial charge in [-0.05, 0) is 47.5 Å². The van der Waals surface area contributed by atoms with Crippen LogP contribution < -0.4 is 9.64 Å². The molecule has 0 radical (unpaired) electrons. The second-order valence-corrected chi connectivity index (χ2v) is 7.10. The molecule has 7 heteroatoms. The van der Waals surface area contributed by atoms with E-state index in [1.807, 2.05) is 30.3 Å². The second kappa shape index (κ2) is 8.97. The summed E-state index contributed by atoms with van der Waals surface area (Å²) in [4.78, 5) is 25.9. The third kappa shape index (κ3) is 4.57. The molecule has 0 bridgehead atoms. The van der Waals surface area contributed by atoms with Crippen molar-refractivity contribution in [2.75, 3.05) is 11.5 Å². The maximum atomic E-state index is 13.4. The number of carboxylic acid groups (broad SMARTS) is 1. The van der Waals surface area contributed by atoms with Crippen molar-refractivity contribution in [2.45, 2.75) is 18.8 Å². The van der Waals surface area contributed by atoms with Crippen molar-refractivity contribution in [1.82, 2.24) is 0 Å². The molecule has 6 nitrogen and oxygen atoms in total. The topological polar surface area (TPSA) is 76.1 Å². The van der Waals surface area contributed by atoms with E-state index in [0.717, 1.165) is 5.56 Å². The van der Waals surface area contributed by atoms with Crippen LogP contribution in [0.25, 0.3) is 0 Å². The Balaban J connectivity index is 1.61. The van der Waals surface area contributed by atoms with E-state index in [2.05, 4.69) is 0 Å². The highest BCUT2D eigenvalue weighted by Gasteiger charge is 2.42. The van der Waals surface area contributed by atoms with Gasteiger partial charge in [-0.3, -0.25) is 9.69 Å². The largest absolute Gasteiger partial charge is 0.489 e. The third-order valence-corrected chi connectivity index (χ3v) is 5.04. The zero-order valence-corrected chi connectivity index (χ0v) is 16.5. The van der Waals surface area contributed by atoms with E-state index in [0.29, 0.717) is 23.6 Å². The van der Waals surface area contributed by atoms with Gasteiger partial charge in [-0.2, -0.15) is 0 Å². The van der Waals surface area contributed by atoms with E-state index in [1.54, 1.807) is 24.3 Å². The van der Waals surface area contributed by atoms with Crippen molar-refractivity contribution in [3.63, 3.8) is 0 Å². The first-order valence-electron chi connectivity index (χ1n) is 9.71. The summed E-state index contributed by atoms with van der Waals surface area (Å²) in [5.41, 5.74) is 1.98. The second-order valence-electron chi connectivity index (χ2n) is 7.10. The molecule has 31 heavy (non-hydrogen) atoms. The Morgan fingerprint density at radius 3 is 2.35 bits per heavy atom. The molecule has 0 spiro atoms. The van der Waals surface area contributed by atoms with Crippen LogP contribution in [0.4, 0.5) is 10.1 Å². The molecule has 1 N–H and O–H groups in total. The minimum absolute atomic E-state index is 0.372. The maximum Gasteiger partial charge on any atom is 0.335 e. The van der Waals surface area contributed by atoms with Crippen LogP contribution >= 0.6 is 0 Å². The molecule has 1 aliphatic rings. The van der Waals surface area contributed by atoms with E-state index < -0.39 is 29.8 Å². The first kappa shape index (κ1) is 20.6. The first-order valence-corrected chi connectivity index (χ1v) is 9.71. The number of carbonyl (C=O) groups is 2. The van der Waals surface area contributed by atoms with E-state index in [-0.39, 0.29) is 6.61 Å². The Morgan fingerprint density at radius 2 is 1.71 bits per heavy atom. The summed E-state index contributed by atoms with van der Waals surface area (Å²) in [5, 5.41) is 9.68. The number of hydrogen-bond donors (Lipinski definition) is 1. The molecule has 3 aromatic carbocycles. The van der Waals surface area contributed by atoms with Gasteiger partial charge in [-0.1, -0.05) is 42.5 Å². The van der Waals surface area contributed by atoms with Gasteiger partial charge < -0.3 is 14.6 Å². The summed E-state index contributed by atoms with van der Waals surface area (Å²) in [6, 6.07) is 21.0. The average Bonchev–Trinajstić information content (AvgIpc) is 2.79. The SMILES string of the molecule is O=C(O)[C@H]1OCC(=O)N(c2ccc(F)cc2)[C@@H]1c1ccc(OCc2ccccc2)cc1.